The van der Waals surface area contributed by atoms with Crippen molar-refractivity contribution in [1.29, 1.82) is 0 Å². The van der Waals surface area contributed by atoms with Crippen LogP contribution in [0.1, 0.15) is 28.3 Å². The van der Waals surface area contributed by atoms with E-state index in [2.05, 4.69) is 5.32 Å². The molecule has 106 valence electrons. The largest absolute Gasteiger partial charge is 0.496 e. The molecule has 0 aliphatic heterocycles. The summed E-state index contributed by atoms with van der Waals surface area (Å²) in [7, 11) is 3.46. The number of benzene rings is 2. The first kappa shape index (κ1) is 14.5. The van der Waals surface area contributed by atoms with Gasteiger partial charge in [-0.3, -0.25) is 0 Å². The molecule has 3 heteroatoms. The van der Waals surface area contributed by atoms with Gasteiger partial charge in [-0.25, -0.2) is 4.39 Å². The summed E-state index contributed by atoms with van der Waals surface area (Å²) in [6.45, 7) is 3.79. The van der Waals surface area contributed by atoms with Gasteiger partial charge < -0.3 is 10.1 Å². The second-order valence-electron chi connectivity index (χ2n) is 4.95. The SMILES string of the molecule is CNC(c1cc(C)ccc1OC)c1cccc(C)c1F. The quantitative estimate of drug-likeness (QED) is 0.915. The van der Waals surface area contributed by atoms with Gasteiger partial charge in [0.05, 0.1) is 13.2 Å². The fourth-order valence-electron chi connectivity index (χ4n) is 2.45. The van der Waals surface area contributed by atoms with E-state index < -0.39 is 0 Å². The highest BCUT2D eigenvalue weighted by atomic mass is 19.1. The number of hydrogen-bond donors (Lipinski definition) is 1. The van der Waals surface area contributed by atoms with E-state index in [0.717, 1.165) is 16.9 Å². The van der Waals surface area contributed by atoms with Gasteiger partial charge in [-0.2, -0.15) is 0 Å². The van der Waals surface area contributed by atoms with Crippen LogP contribution < -0.4 is 10.1 Å². The number of hydrogen-bond acceptors (Lipinski definition) is 2. The van der Waals surface area contributed by atoms with Gasteiger partial charge in [0.1, 0.15) is 11.6 Å². The zero-order valence-electron chi connectivity index (χ0n) is 12.3. The van der Waals surface area contributed by atoms with E-state index in [1.807, 2.05) is 44.3 Å². The molecular weight excluding hydrogens is 253 g/mol. The van der Waals surface area contributed by atoms with Crippen molar-refractivity contribution < 1.29 is 9.13 Å². The summed E-state index contributed by atoms with van der Waals surface area (Å²) in [5.74, 6) is 0.589. The third-order valence-corrected chi connectivity index (χ3v) is 3.52. The number of rotatable bonds is 4. The van der Waals surface area contributed by atoms with Crippen molar-refractivity contribution >= 4 is 0 Å². The minimum Gasteiger partial charge on any atom is -0.496 e. The molecule has 0 fully saturated rings. The van der Waals surface area contributed by atoms with Crippen molar-refractivity contribution in [2.75, 3.05) is 14.2 Å². The van der Waals surface area contributed by atoms with Crippen molar-refractivity contribution in [2.45, 2.75) is 19.9 Å². The molecule has 0 radical (unpaired) electrons. The van der Waals surface area contributed by atoms with Crippen LogP contribution in [0, 0.1) is 19.7 Å². The van der Waals surface area contributed by atoms with E-state index in [9.17, 15) is 4.39 Å². The molecule has 0 aliphatic carbocycles. The van der Waals surface area contributed by atoms with E-state index in [-0.39, 0.29) is 11.9 Å². The van der Waals surface area contributed by atoms with Gasteiger partial charge in [0.25, 0.3) is 0 Å². The lowest BCUT2D eigenvalue weighted by Crippen LogP contribution is -2.20. The van der Waals surface area contributed by atoms with E-state index in [1.54, 1.807) is 20.1 Å². The third-order valence-electron chi connectivity index (χ3n) is 3.52. The van der Waals surface area contributed by atoms with Gasteiger partial charge >= 0.3 is 0 Å². The zero-order chi connectivity index (χ0) is 14.7. The van der Waals surface area contributed by atoms with Gasteiger partial charge in [-0.1, -0.05) is 35.9 Å². The van der Waals surface area contributed by atoms with Crippen LogP contribution in [0.15, 0.2) is 36.4 Å². The number of halogens is 1. The Morgan fingerprint density at radius 2 is 1.85 bits per heavy atom. The summed E-state index contributed by atoms with van der Waals surface area (Å²) < 4.78 is 19.8. The zero-order valence-corrected chi connectivity index (χ0v) is 12.3. The topological polar surface area (TPSA) is 21.3 Å². The Bertz CT molecular complexity index is 610. The summed E-state index contributed by atoms with van der Waals surface area (Å²) in [5, 5.41) is 3.18. The highest BCUT2D eigenvalue weighted by molar-refractivity contribution is 5.44. The van der Waals surface area contributed by atoms with Gasteiger partial charge in [-0.15, -0.1) is 0 Å². The van der Waals surface area contributed by atoms with Crippen LogP contribution in [0.2, 0.25) is 0 Å². The highest BCUT2D eigenvalue weighted by Crippen LogP contribution is 2.32. The Balaban J connectivity index is 2.58. The lowest BCUT2D eigenvalue weighted by Gasteiger charge is -2.21. The van der Waals surface area contributed by atoms with Crippen LogP contribution >= 0.6 is 0 Å². The fourth-order valence-corrected chi connectivity index (χ4v) is 2.45. The number of methoxy groups -OCH3 is 1. The maximum atomic E-state index is 14.4. The Labute approximate surface area is 119 Å². The van der Waals surface area contributed by atoms with E-state index in [1.165, 1.54) is 0 Å². The molecule has 0 spiro atoms. The van der Waals surface area contributed by atoms with Crippen LogP contribution in [-0.4, -0.2) is 14.2 Å². The molecule has 0 aliphatic rings. The molecule has 0 saturated carbocycles. The molecule has 1 N–H and O–H groups in total. The molecule has 1 unspecified atom stereocenters. The minimum atomic E-state index is -0.232. The van der Waals surface area contributed by atoms with Crippen molar-refractivity contribution in [2.24, 2.45) is 0 Å². The molecule has 20 heavy (non-hydrogen) atoms. The maximum Gasteiger partial charge on any atom is 0.131 e. The van der Waals surface area contributed by atoms with Crippen LogP contribution in [0.25, 0.3) is 0 Å². The molecule has 2 aromatic rings. The normalized spacial score (nSPS) is 12.2. The number of nitrogens with one attached hydrogen (secondary N) is 1. The smallest absolute Gasteiger partial charge is 0.131 e. The van der Waals surface area contributed by atoms with Gasteiger partial charge in [0.2, 0.25) is 0 Å². The van der Waals surface area contributed by atoms with E-state index in [4.69, 9.17) is 4.74 Å². The average molecular weight is 273 g/mol. The number of ether oxygens (including phenoxy) is 1. The van der Waals surface area contributed by atoms with Crippen molar-refractivity contribution in [3.8, 4) is 5.75 Å². The maximum absolute atomic E-state index is 14.4. The van der Waals surface area contributed by atoms with Crippen LogP contribution in [-0.2, 0) is 0 Å². The summed E-state index contributed by atoms with van der Waals surface area (Å²) in [4.78, 5) is 0. The summed E-state index contributed by atoms with van der Waals surface area (Å²) in [6, 6.07) is 11.2. The third kappa shape index (κ3) is 2.68. The molecule has 0 bridgehead atoms. The first-order chi connectivity index (χ1) is 9.58. The monoisotopic (exact) mass is 273 g/mol. The molecule has 2 aromatic carbocycles. The van der Waals surface area contributed by atoms with Gasteiger partial charge in [0, 0.05) is 11.1 Å². The Morgan fingerprint density at radius 3 is 2.50 bits per heavy atom. The van der Waals surface area contributed by atoms with Crippen LogP contribution in [0.4, 0.5) is 4.39 Å². The first-order valence-corrected chi connectivity index (χ1v) is 6.65. The summed E-state index contributed by atoms with van der Waals surface area (Å²) in [6.07, 6.45) is 0. The van der Waals surface area contributed by atoms with Gasteiger partial charge in [-0.05, 0) is 32.5 Å². The van der Waals surface area contributed by atoms with E-state index >= 15 is 0 Å². The predicted molar refractivity (Wildman–Crippen MR) is 79.8 cm³/mol. The highest BCUT2D eigenvalue weighted by Gasteiger charge is 2.20. The second-order valence-corrected chi connectivity index (χ2v) is 4.95. The molecule has 1 atom stereocenters. The Morgan fingerprint density at radius 1 is 1.10 bits per heavy atom. The van der Waals surface area contributed by atoms with Crippen molar-refractivity contribution in [3.05, 3.63) is 64.5 Å². The molecule has 0 saturated heterocycles. The molecule has 2 nitrogen and oxygen atoms in total. The van der Waals surface area contributed by atoms with E-state index in [0.29, 0.717) is 11.1 Å². The molecular formula is C17H20FNO. The lowest BCUT2D eigenvalue weighted by molar-refractivity contribution is 0.404. The Kier molecular flexibility index (Phi) is 4.40. The molecule has 0 amide bonds. The standard InChI is InChI=1S/C17H20FNO/c1-11-8-9-15(20-4)14(10-11)17(19-3)13-7-5-6-12(2)16(13)18/h5-10,17,19H,1-4H3. The molecule has 0 aromatic heterocycles. The average Bonchev–Trinajstić information content (AvgIpc) is 2.44. The minimum absolute atomic E-state index is 0.171. The summed E-state index contributed by atoms with van der Waals surface area (Å²) >= 11 is 0. The van der Waals surface area contributed by atoms with Crippen molar-refractivity contribution in [3.63, 3.8) is 0 Å². The second kappa shape index (κ2) is 6.06. The van der Waals surface area contributed by atoms with Crippen molar-refractivity contribution in [1.82, 2.24) is 5.32 Å². The van der Waals surface area contributed by atoms with Gasteiger partial charge in [0.15, 0.2) is 0 Å². The predicted octanol–water partition coefficient (Wildman–Crippen LogP) is 3.76. The first-order valence-electron chi connectivity index (χ1n) is 6.65. The van der Waals surface area contributed by atoms with Crippen LogP contribution in [0.3, 0.4) is 0 Å². The van der Waals surface area contributed by atoms with Crippen LogP contribution in [0.5, 0.6) is 5.75 Å². The Hall–Kier alpha value is -1.87. The molecule has 2 rings (SSSR count). The lowest BCUT2D eigenvalue weighted by atomic mass is 9.95. The summed E-state index contributed by atoms with van der Waals surface area (Å²) in [5.41, 5.74) is 3.35. The molecule has 0 heterocycles. The number of aryl methyl sites for hydroxylation is 2. The fraction of sp³-hybridized carbons (Fsp3) is 0.294.